The van der Waals surface area contributed by atoms with E-state index in [9.17, 15) is 22.8 Å². The molecule has 106 valence electrons. The molecule has 0 aliphatic rings. The van der Waals surface area contributed by atoms with Crippen molar-refractivity contribution in [3.63, 3.8) is 0 Å². The Morgan fingerprint density at radius 1 is 1.05 bits per heavy atom. The summed E-state index contributed by atoms with van der Waals surface area (Å²) in [5, 5.41) is 2.60. The normalized spacial score (nSPS) is 11.4. The van der Waals surface area contributed by atoms with Crippen LogP contribution in [0, 0.1) is 0 Å². The molecule has 0 atom stereocenters. The molecule has 0 fully saturated rings. The van der Waals surface area contributed by atoms with Gasteiger partial charge >= 0.3 is 6.36 Å². The molecule has 2 rings (SSSR count). The third-order valence-electron chi connectivity index (χ3n) is 2.43. The van der Waals surface area contributed by atoms with Crippen molar-refractivity contribution in [1.82, 2.24) is 0 Å². The molecule has 0 saturated heterocycles. The molecular formula is C12H8F3NO4. The average Bonchev–Trinajstić information content (AvgIpc) is 2.38. The van der Waals surface area contributed by atoms with Crippen LogP contribution < -0.4 is 25.6 Å². The number of nitrogens with one attached hydrogen (secondary N) is 1. The van der Waals surface area contributed by atoms with Crippen LogP contribution in [-0.2, 0) is 0 Å². The molecule has 8 heteroatoms. The van der Waals surface area contributed by atoms with Crippen LogP contribution in [0.3, 0.4) is 0 Å². The third-order valence-corrected chi connectivity index (χ3v) is 2.43. The average molecular weight is 287 g/mol. The van der Waals surface area contributed by atoms with Crippen molar-refractivity contribution in [1.29, 1.82) is 0 Å². The van der Waals surface area contributed by atoms with Crippen LogP contribution in [-0.4, -0.2) is 13.5 Å². The van der Waals surface area contributed by atoms with E-state index in [0.29, 0.717) is 5.69 Å². The van der Waals surface area contributed by atoms with Crippen molar-refractivity contribution in [2.24, 2.45) is 0 Å². The van der Waals surface area contributed by atoms with Gasteiger partial charge in [-0.2, -0.15) is 0 Å². The molecule has 0 heterocycles. The van der Waals surface area contributed by atoms with Gasteiger partial charge in [0.05, 0.1) is 7.11 Å². The molecule has 0 saturated carbocycles. The Balaban J connectivity index is 2.14. The number of rotatable bonds is 4. The molecular weight excluding hydrogens is 279 g/mol. The summed E-state index contributed by atoms with van der Waals surface area (Å²) in [5.74, 6) is -0.495. The number of benzene rings is 1. The molecule has 0 unspecified atom stereocenters. The van der Waals surface area contributed by atoms with Crippen LogP contribution in [0.5, 0.6) is 11.5 Å². The van der Waals surface area contributed by atoms with Crippen LogP contribution >= 0.6 is 0 Å². The van der Waals surface area contributed by atoms with Crippen LogP contribution in [0.25, 0.3) is 0 Å². The summed E-state index contributed by atoms with van der Waals surface area (Å²) in [4.78, 5) is 22.4. The first-order valence-corrected chi connectivity index (χ1v) is 5.32. The lowest BCUT2D eigenvalue weighted by molar-refractivity contribution is -0.274. The number of hydrogen-bond donors (Lipinski definition) is 1. The van der Waals surface area contributed by atoms with Gasteiger partial charge < -0.3 is 14.8 Å². The standard InChI is InChI=1S/C12H8F3NO4/c1-19-11-8(9(17)10(11)18)16-6-2-4-7(5-3-6)20-12(13,14)15/h2-5,16H,1H3. The summed E-state index contributed by atoms with van der Waals surface area (Å²) >= 11 is 0. The fourth-order valence-corrected chi connectivity index (χ4v) is 1.56. The summed E-state index contributed by atoms with van der Waals surface area (Å²) in [6.07, 6.45) is -4.77. The lowest BCUT2D eigenvalue weighted by atomic mass is 10.2. The number of methoxy groups -OCH3 is 1. The van der Waals surface area contributed by atoms with E-state index in [-0.39, 0.29) is 17.2 Å². The van der Waals surface area contributed by atoms with E-state index in [1.807, 2.05) is 0 Å². The maximum absolute atomic E-state index is 12.0. The first-order valence-electron chi connectivity index (χ1n) is 5.32. The SMILES string of the molecule is COc1c(Nc2ccc(OC(F)(F)F)cc2)c(=O)c1=O. The first-order chi connectivity index (χ1) is 9.31. The van der Waals surface area contributed by atoms with E-state index in [0.717, 1.165) is 12.1 Å². The van der Waals surface area contributed by atoms with Gasteiger partial charge in [-0.05, 0) is 24.3 Å². The van der Waals surface area contributed by atoms with Gasteiger partial charge in [0, 0.05) is 5.69 Å². The topological polar surface area (TPSA) is 64.6 Å². The van der Waals surface area contributed by atoms with Gasteiger partial charge in [0.15, 0.2) is 5.75 Å². The maximum atomic E-state index is 12.0. The highest BCUT2D eigenvalue weighted by Gasteiger charge is 2.31. The molecule has 0 amide bonds. The van der Waals surface area contributed by atoms with E-state index >= 15 is 0 Å². The van der Waals surface area contributed by atoms with Crippen LogP contribution in [0.15, 0.2) is 33.9 Å². The second-order valence-corrected chi connectivity index (χ2v) is 3.76. The molecule has 2 aromatic carbocycles. The molecule has 5 nitrogen and oxygen atoms in total. The molecule has 0 aliphatic carbocycles. The molecule has 0 aromatic heterocycles. The van der Waals surface area contributed by atoms with Gasteiger partial charge in [0.25, 0.3) is 10.9 Å². The third kappa shape index (κ3) is 2.73. The fraction of sp³-hybridized carbons (Fsp3) is 0.167. The first kappa shape index (κ1) is 13.9. The maximum Gasteiger partial charge on any atom is 0.573 e. The molecule has 20 heavy (non-hydrogen) atoms. The predicted molar refractivity (Wildman–Crippen MR) is 64.3 cm³/mol. The lowest BCUT2D eigenvalue weighted by Gasteiger charge is -2.13. The largest absolute Gasteiger partial charge is 0.573 e. The Kier molecular flexibility index (Phi) is 3.39. The second kappa shape index (κ2) is 4.87. The van der Waals surface area contributed by atoms with E-state index in [4.69, 9.17) is 4.74 Å². The fourth-order valence-electron chi connectivity index (χ4n) is 1.56. The van der Waals surface area contributed by atoms with Gasteiger partial charge in [-0.25, -0.2) is 0 Å². The van der Waals surface area contributed by atoms with Crippen molar-refractivity contribution in [3.05, 3.63) is 44.7 Å². The van der Waals surface area contributed by atoms with E-state index in [1.54, 1.807) is 0 Å². The predicted octanol–water partition coefficient (Wildman–Crippen LogP) is 1.93. The minimum Gasteiger partial charge on any atom is -0.491 e. The Labute approximate surface area is 110 Å². The monoisotopic (exact) mass is 287 g/mol. The number of hydrogen-bond acceptors (Lipinski definition) is 5. The molecule has 0 spiro atoms. The van der Waals surface area contributed by atoms with Crippen LogP contribution in [0.1, 0.15) is 0 Å². The smallest absolute Gasteiger partial charge is 0.491 e. The number of halogens is 3. The highest BCUT2D eigenvalue weighted by molar-refractivity contribution is 5.70. The summed E-state index contributed by atoms with van der Waals surface area (Å²) in [7, 11) is 1.24. The molecule has 0 aliphatic heterocycles. The minimum absolute atomic E-state index is 0.0259. The van der Waals surface area contributed by atoms with E-state index in [2.05, 4.69) is 10.1 Å². The summed E-state index contributed by atoms with van der Waals surface area (Å²) in [6.45, 7) is 0. The number of ether oxygens (including phenoxy) is 2. The molecule has 0 radical (unpaired) electrons. The molecule has 0 bridgehead atoms. The van der Waals surface area contributed by atoms with Crippen molar-refractivity contribution in [2.75, 3.05) is 12.4 Å². The number of alkyl halides is 3. The Morgan fingerprint density at radius 3 is 2.15 bits per heavy atom. The van der Waals surface area contributed by atoms with Gasteiger partial charge in [-0.1, -0.05) is 0 Å². The van der Waals surface area contributed by atoms with Crippen molar-refractivity contribution < 1.29 is 22.6 Å². The zero-order valence-corrected chi connectivity index (χ0v) is 10.1. The molecule has 2 aromatic rings. The highest BCUT2D eigenvalue weighted by atomic mass is 19.4. The lowest BCUT2D eigenvalue weighted by Crippen LogP contribution is -2.34. The van der Waals surface area contributed by atoms with E-state index < -0.39 is 17.2 Å². The second-order valence-electron chi connectivity index (χ2n) is 3.76. The van der Waals surface area contributed by atoms with Crippen LogP contribution in [0.4, 0.5) is 24.5 Å². The highest BCUT2D eigenvalue weighted by Crippen LogP contribution is 2.26. The Hall–Kier alpha value is -2.51. The van der Waals surface area contributed by atoms with Gasteiger partial charge in [0.1, 0.15) is 11.4 Å². The van der Waals surface area contributed by atoms with E-state index in [1.165, 1.54) is 19.2 Å². The summed E-state index contributed by atoms with van der Waals surface area (Å²) in [6, 6.07) is 4.70. The Morgan fingerprint density at radius 2 is 1.65 bits per heavy atom. The van der Waals surface area contributed by atoms with Gasteiger partial charge in [-0.3, -0.25) is 9.59 Å². The van der Waals surface area contributed by atoms with Crippen molar-refractivity contribution in [3.8, 4) is 11.5 Å². The number of anilines is 2. The summed E-state index contributed by atoms with van der Waals surface area (Å²) < 4.78 is 44.3. The molecule has 1 N–H and O–H groups in total. The minimum atomic E-state index is -4.77. The van der Waals surface area contributed by atoms with Gasteiger partial charge in [-0.15, -0.1) is 13.2 Å². The quantitative estimate of drug-likeness (QED) is 0.870. The Bertz CT molecular complexity index is 684. The van der Waals surface area contributed by atoms with Crippen LogP contribution in [0.2, 0.25) is 0 Å². The zero-order chi connectivity index (χ0) is 14.9. The van der Waals surface area contributed by atoms with Crippen molar-refractivity contribution in [2.45, 2.75) is 6.36 Å². The van der Waals surface area contributed by atoms with Crippen molar-refractivity contribution >= 4 is 11.4 Å². The zero-order valence-electron chi connectivity index (χ0n) is 10.1. The van der Waals surface area contributed by atoms with Gasteiger partial charge in [0.2, 0.25) is 0 Å². The summed E-state index contributed by atoms with van der Waals surface area (Å²) in [5.41, 5.74) is -1.18.